The molecule has 0 unspecified atom stereocenters. The smallest absolute Gasteiger partial charge is 0.404 e. The number of halogens is 4. The normalized spacial score (nSPS) is 11.9. The Morgan fingerprint density at radius 1 is 1.18 bits per heavy atom. The van der Waals surface area contributed by atoms with Gasteiger partial charge in [-0.2, -0.15) is 0 Å². The molecular weight excluding hydrogens is 490 g/mol. The molecule has 0 bridgehead atoms. The largest absolute Gasteiger partial charge is 0.573 e. The summed E-state index contributed by atoms with van der Waals surface area (Å²) < 4.78 is 42.8. The number of nitrogens with zero attached hydrogens (tertiary/aromatic N) is 2. The minimum absolute atomic E-state index is 0. The molecule has 0 saturated heterocycles. The molecule has 1 aromatic heterocycles. The maximum absolute atomic E-state index is 12.4. The van der Waals surface area contributed by atoms with Crippen molar-refractivity contribution in [2.45, 2.75) is 12.9 Å². The highest BCUT2D eigenvalue weighted by Crippen LogP contribution is 2.29. The monoisotopic (exact) mass is 507 g/mol. The lowest BCUT2D eigenvalue weighted by molar-refractivity contribution is -0.274. The first-order valence-corrected chi connectivity index (χ1v) is 7.93. The number of para-hydroxylation sites is 4. The lowest BCUT2D eigenvalue weighted by Crippen LogP contribution is -2.25. The molecule has 3 rings (SSSR count). The first-order valence-electron chi connectivity index (χ1n) is 7.93. The Kier molecular flexibility index (Phi) is 6.94. The van der Waals surface area contributed by atoms with Crippen LogP contribution in [0.4, 0.5) is 18.9 Å². The van der Waals surface area contributed by atoms with Gasteiger partial charge in [-0.15, -0.1) is 37.1 Å². The highest BCUT2D eigenvalue weighted by molar-refractivity contribution is 14.0. The number of hydrogen-bond acceptors (Lipinski definition) is 3. The van der Waals surface area contributed by atoms with Gasteiger partial charge >= 0.3 is 12.1 Å². The molecule has 0 radical (unpaired) electrons. The maximum Gasteiger partial charge on any atom is 0.573 e. The minimum atomic E-state index is -4.82. The minimum Gasteiger partial charge on any atom is -0.404 e. The molecule has 0 saturated carbocycles. The summed E-state index contributed by atoms with van der Waals surface area (Å²) >= 11 is 0. The van der Waals surface area contributed by atoms with Crippen molar-refractivity contribution >= 4 is 46.7 Å². The van der Waals surface area contributed by atoms with Gasteiger partial charge < -0.3 is 20.8 Å². The molecule has 0 amide bonds. The van der Waals surface area contributed by atoms with Crippen molar-refractivity contribution < 1.29 is 17.9 Å². The molecule has 0 fully saturated rings. The Labute approximate surface area is 174 Å². The van der Waals surface area contributed by atoms with Gasteiger partial charge in [0.2, 0.25) is 0 Å². The number of H-pyrrole nitrogens is 1. The first-order chi connectivity index (χ1) is 12.8. The quantitative estimate of drug-likeness (QED) is 0.281. The van der Waals surface area contributed by atoms with E-state index in [1.54, 1.807) is 12.1 Å². The first kappa shape index (κ1) is 21.6. The molecule has 11 heteroatoms. The Bertz CT molecular complexity index is 1030. The SMILES string of the molecule is I.NC(=NCCn1c(=O)[nH]c2ccccc21)Nc1ccccc1OC(F)(F)F. The van der Waals surface area contributed by atoms with Crippen LogP contribution in [0, 0.1) is 0 Å². The van der Waals surface area contributed by atoms with Crippen LogP contribution >= 0.6 is 24.0 Å². The summed E-state index contributed by atoms with van der Waals surface area (Å²) in [6.07, 6.45) is -4.82. The van der Waals surface area contributed by atoms with Crippen LogP contribution in [-0.4, -0.2) is 28.4 Å². The van der Waals surface area contributed by atoms with Crippen molar-refractivity contribution in [1.29, 1.82) is 0 Å². The zero-order chi connectivity index (χ0) is 19.4. The topological polar surface area (TPSA) is 97.4 Å². The van der Waals surface area contributed by atoms with Gasteiger partial charge in [0.25, 0.3) is 0 Å². The van der Waals surface area contributed by atoms with Gasteiger partial charge in [0.05, 0.1) is 23.3 Å². The van der Waals surface area contributed by atoms with E-state index in [0.29, 0.717) is 5.52 Å². The number of benzene rings is 2. The molecule has 7 nitrogen and oxygen atoms in total. The van der Waals surface area contributed by atoms with Crippen molar-refractivity contribution in [1.82, 2.24) is 9.55 Å². The van der Waals surface area contributed by atoms with E-state index in [1.165, 1.54) is 22.8 Å². The fourth-order valence-corrected chi connectivity index (χ4v) is 2.56. The number of rotatable bonds is 5. The van der Waals surface area contributed by atoms with Crippen molar-refractivity contribution in [3.05, 3.63) is 59.0 Å². The molecule has 0 aliphatic carbocycles. The molecule has 0 spiro atoms. The van der Waals surface area contributed by atoms with Crippen molar-refractivity contribution in [2.24, 2.45) is 10.7 Å². The van der Waals surface area contributed by atoms with Crippen LogP contribution in [0.2, 0.25) is 0 Å². The molecule has 0 aliphatic heterocycles. The van der Waals surface area contributed by atoms with E-state index in [0.717, 1.165) is 11.6 Å². The van der Waals surface area contributed by atoms with Gasteiger partial charge in [-0.05, 0) is 24.3 Å². The molecular formula is C17H17F3IN5O2. The molecule has 4 N–H and O–H groups in total. The number of anilines is 1. The van der Waals surface area contributed by atoms with Crippen LogP contribution in [-0.2, 0) is 6.54 Å². The van der Waals surface area contributed by atoms with Crippen LogP contribution in [0.25, 0.3) is 11.0 Å². The number of ether oxygens (including phenoxy) is 1. The molecule has 2 aromatic carbocycles. The molecule has 1 heterocycles. The Morgan fingerprint density at radius 2 is 1.86 bits per heavy atom. The number of hydrogen-bond donors (Lipinski definition) is 3. The van der Waals surface area contributed by atoms with Gasteiger partial charge in [0.1, 0.15) is 0 Å². The average molecular weight is 507 g/mol. The van der Waals surface area contributed by atoms with Crippen LogP contribution in [0.1, 0.15) is 0 Å². The van der Waals surface area contributed by atoms with Gasteiger partial charge in [0.15, 0.2) is 11.7 Å². The number of nitrogens with two attached hydrogens (primary N) is 1. The summed E-state index contributed by atoms with van der Waals surface area (Å²) in [5.41, 5.74) is 6.92. The highest BCUT2D eigenvalue weighted by Gasteiger charge is 2.32. The lowest BCUT2D eigenvalue weighted by Gasteiger charge is -2.14. The number of fused-ring (bicyclic) bond motifs is 1. The third-order valence-corrected chi connectivity index (χ3v) is 3.66. The van der Waals surface area contributed by atoms with E-state index in [-0.39, 0.29) is 54.4 Å². The third kappa shape index (κ3) is 5.41. The second-order valence-corrected chi connectivity index (χ2v) is 5.53. The van der Waals surface area contributed by atoms with E-state index in [9.17, 15) is 18.0 Å². The summed E-state index contributed by atoms with van der Waals surface area (Å²) in [6.45, 7) is 0.412. The number of aromatic nitrogens is 2. The second kappa shape index (κ2) is 8.99. The number of nitrogens with one attached hydrogen (secondary N) is 2. The fourth-order valence-electron chi connectivity index (χ4n) is 2.56. The van der Waals surface area contributed by atoms with Gasteiger partial charge in [0, 0.05) is 6.54 Å². The third-order valence-electron chi connectivity index (χ3n) is 3.66. The summed E-state index contributed by atoms with van der Waals surface area (Å²) in [6, 6.07) is 12.7. The number of imidazole rings is 1. The van der Waals surface area contributed by atoms with Crippen molar-refractivity contribution in [2.75, 3.05) is 11.9 Å². The lowest BCUT2D eigenvalue weighted by atomic mass is 10.3. The number of aliphatic imine (C=N–C) groups is 1. The highest BCUT2D eigenvalue weighted by atomic mass is 127. The van der Waals surface area contributed by atoms with Crippen LogP contribution in [0.5, 0.6) is 5.75 Å². The Hall–Kier alpha value is -2.70. The van der Waals surface area contributed by atoms with E-state index in [1.807, 2.05) is 12.1 Å². The average Bonchev–Trinajstić information content (AvgIpc) is 2.91. The van der Waals surface area contributed by atoms with Crippen LogP contribution < -0.4 is 21.5 Å². The van der Waals surface area contributed by atoms with Gasteiger partial charge in [-0.25, -0.2) is 4.79 Å². The zero-order valence-corrected chi connectivity index (χ0v) is 16.7. The Balaban J connectivity index is 0.00000280. The number of aromatic amines is 1. The van der Waals surface area contributed by atoms with E-state index in [4.69, 9.17) is 5.73 Å². The zero-order valence-electron chi connectivity index (χ0n) is 14.4. The molecule has 3 aromatic rings. The predicted molar refractivity (Wildman–Crippen MR) is 111 cm³/mol. The number of guanidine groups is 1. The number of alkyl halides is 3. The summed E-state index contributed by atoms with van der Waals surface area (Å²) in [7, 11) is 0. The predicted octanol–water partition coefficient (Wildman–Crippen LogP) is 3.27. The maximum atomic E-state index is 12.4. The second-order valence-electron chi connectivity index (χ2n) is 5.53. The van der Waals surface area contributed by atoms with Crippen LogP contribution in [0.15, 0.2) is 58.3 Å². The summed E-state index contributed by atoms with van der Waals surface area (Å²) in [4.78, 5) is 18.7. The standard InChI is InChI=1S/C17H16F3N5O2.HI/c18-17(19,20)27-14-8-4-2-6-12(14)23-15(21)22-9-10-25-13-7-3-1-5-11(13)24-16(25)26;/h1-8H,9-10H2,(H,24,26)(H3,21,22,23);1H. The fraction of sp³-hybridized carbons (Fsp3) is 0.176. The van der Waals surface area contributed by atoms with Crippen molar-refractivity contribution in [3.63, 3.8) is 0 Å². The van der Waals surface area contributed by atoms with E-state index < -0.39 is 12.1 Å². The molecule has 0 aliphatic rings. The van der Waals surface area contributed by atoms with Gasteiger partial charge in [-0.3, -0.25) is 9.56 Å². The van der Waals surface area contributed by atoms with Gasteiger partial charge in [-0.1, -0.05) is 24.3 Å². The Morgan fingerprint density at radius 3 is 2.61 bits per heavy atom. The molecule has 28 heavy (non-hydrogen) atoms. The molecule has 0 atom stereocenters. The van der Waals surface area contributed by atoms with Crippen LogP contribution in [0.3, 0.4) is 0 Å². The summed E-state index contributed by atoms with van der Waals surface area (Å²) in [5.74, 6) is -0.517. The van der Waals surface area contributed by atoms with Crippen molar-refractivity contribution in [3.8, 4) is 5.75 Å². The summed E-state index contributed by atoms with van der Waals surface area (Å²) in [5, 5.41) is 2.57. The van der Waals surface area contributed by atoms with E-state index >= 15 is 0 Å². The molecule has 150 valence electrons. The van der Waals surface area contributed by atoms with E-state index in [2.05, 4.69) is 20.0 Å².